The molecule has 0 heterocycles. The second-order valence-electron chi connectivity index (χ2n) is 2.77. The van der Waals surface area contributed by atoms with Crippen LogP contribution in [0.25, 0.3) is 0 Å². The van der Waals surface area contributed by atoms with E-state index < -0.39 is 5.97 Å². The maximum atomic E-state index is 11.6. The molecule has 1 aromatic rings. The van der Waals surface area contributed by atoms with Crippen LogP contribution in [0.5, 0.6) is 5.75 Å². The van der Waals surface area contributed by atoms with Gasteiger partial charge in [0.2, 0.25) is 0 Å². The van der Waals surface area contributed by atoms with Crippen molar-refractivity contribution >= 4 is 27.6 Å². The molecule has 4 nitrogen and oxygen atoms in total. The summed E-state index contributed by atoms with van der Waals surface area (Å²) in [5.74, 6) is -0.0819. The van der Waals surface area contributed by atoms with Gasteiger partial charge in [-0.05, 0) is 35.0 Å². The average molecular weight is 274 g/mol. The molecule has 0 aliphatic rings. The van der Waals surface area contributed by atoms with Crippen LogP contribution in [0.4, 0.5) is 5.69 Å². The normalized spacial score (nSPS) is 9.80. The molecule has 15 heavy (non-hydrogen) atoms. The highest BCUT2D eigenvalue weighted by Gasteiger charge is 2.19. The van der Waals surface area contributed by atoms with Crippen LogP contribution in [-0.4, -0.2) is 19.7 Å². The molecule has 0 unspecified atom stereocenters. The van der Waals surface area contributed by atoms with Gasteiger partial charge in [0.25, 0.3) is 0 Å². The second-order valence-corrected chi connectivity index (χ2v) is 3.62. The van der Waals surface area contributed by atoms with E-state index in [1.807, 2.05) is 0 Å². The zero-order chi connectivity index (χ0) is 11.4. The van der Waals surface area contributed by atoms with Crippen LogP contribution in [0.1, 0.15) is 17.3 Å². The van der Waals surface area contributed by atoms with Gasteiger partial charge in [-0.2, -0.15) is 0 Å². The topological polar surface area (TPSA) is 61.5 Å². The molecule has 1 aromatic carbocycles. The first kappa shape index (κ1) is 11.8. The van der Waals surface area contributed by atoms with E-state index in [0.29, 0.717) is 22.5 Å². The molecular weight excluding hydrogens is 262 g/mol. The second kappa shape index (κ2) is 5.02. The number of ether oxygens (including phenoxy) is 2. The molecule has 0 fully saturated rings. The summed E-state index contributed by atoms with van der Waals surface area (Å²) in [7, 11) is 1.47. The Kier molecular flexibility index (Phi) is 3.96. The molecule has 2 N–H and O–H groups in total. The van der Waals surface area contributed by atoms with Crippen LogP contribution >= 0.6 is 15.9 Å². The Morgan fingerprint density at radius 1 is 1.53 bits per heavy atom. The fourth-order valence-corrected chi connectivity index (χ4v) is 1.68. The number of nitrogens with two attached hydrogens (primary N) is 1. The maximum absolute atomic E-state index is 11.6. The third-order valence-electron chi connectivity index (χ3n) is 1.83. The number of carbonyl (C=O) groups excluding carboxylic acids is 1. The molecule has 5 heteroatoms. The van der Waals surface area contributed by atoms with Crippen molar-refractivity contribution in [3.63, 3.8) is 0 Å². The van der Waals surface area contributed by atoms with Crippen LogP contribution in [0.2, 0.25) is 0 Å². The van der Waals surface area contributed by atoms with E-state index in [1.54, 1.807) is 19.1 Å². The van der Waals surface area contributed by atoms with E-state index in [4.69, 9.17) is 15.2 Å². The summed E-state index contributed by atoms with van der Waals surface area (Å²) >= 11 is 3.27. The van der Waals surface area contributed by atoms with Crippen LogP contribution in [-0.2, 0) is 4.74 Å². The van der Waals surface area contributed by atoms with Crippen molar-refractivity contribution in [1.82, 2.24) is 0 Å². The molecule has 0 amide bonds. The minimum atomic E-state index is -0.479. The lowest BCUT2D eigenvalue weighted by Crippen LogP contribution is -2.10. The summed E-state index contributed by atoms with van der Waals surface area (Å²) in [6, 6.07) is 3.34. The lowest BCUT2D eigenvalue weighted by Gasteiger charge is -2.11. The molecule has 0 aliphatic heterocycles. The molecule has 0 aliphatic carbocycles. The van der Waals surface area contributed by atoms with Gasteiger partial charge in [-0.15, -0.1) is 0 Å². The van der Waals surface area contributed by atoms with Gasteiger partial charge >= 0.3 is 5.97 Å². The number of esters is 1. The molecule has 0 saturated carbocycles. The van der Waals surface area contributed by atoms with Crippen molar-refractivity contribution in [2.45, 2.75) is 6.92 Å². The van der Waals surface area contributed by atoms with Crippen LogP contribution in [0.3, 0.4) is 0 Å². The SMILES string of the molecule is CCOC(=O)c1c(N)ccc(Br)c1OC. The number of halogens is 1. The Balaban J connectivity index is 3.24. The van der Waals surface area contributed by atoms with E-state index in [0.717, 1.165) is 0 Å². The summed E-state index contributed by atoms with van der Waals surface area (Å²) < 4.78 is 10.7. The fraction of sp³-hybridized carbons (Fsp3) is 0.300. The molecule has 0 aromatic heterocycles. The van der Waals surface area contributed by atoms with Gasteiger partial charge in [-0.25, -0.2) is 4.79 Å². The first-order valence-electron chi connectivity index (χ1n) is 4.40. The molecule has 1 rings (SSSR count). The number of hydrogen-bond acceptors (Lipinski definition) is 4. The zero-order valence-electron chi connectivity index (χ0n) is 8.54. The van der Waals surface area contributed by atoms with Crippen LogP contribution in [0, 0.1) is 0 Å². The van der Waals surface area contributed by atoms with Gasteiger partial charge in [-0.3, -0.25) is 0 Å². The smallest absolute Gasteiger partial charge is 0.344 e. The van der Waals surface area contributed by atoms with E-state index in [9.17, 15) is 4.79 Å². The Bertz CT molecular complexity index is 379. The Morgan fingerprint density at radius 2 is 2.20 bits per heavy atom. The van der Waals surface area contributed by atoms with E-state index in [2.05, 4.69) is 15.9 Å². The third kappa shape index (κ3) is 2.41. The van der Waals surface area contributed by atoms with Gasteiger partial charge in [0.15, 0.2) is 0 Å². The predicted octanol–water partition coefficient (Wildman–Crippen LogP) is 2.22. The number of hydrogen-bond donors (Lipinski definition) is 1. The van der Waals surface area contributed by atoms with E-state index in [1.165, 1.54) is 7.11 Å². The average Bonchev–Trinajstić information content (AvgIpc) is 2.21. The monoisotopic (exact) mass is 273 g/mol. The molecule has 0 radical (unpaired) electrons. The summed E-state index contributed by atoms with van der Waals surface area (Å²) in [6.45, 7) is 2.03. The van der Waals surface area contributed by atoms with Crippen LogP contribution in [0.15, 0.2) is 16.6 Å². The van der Waals surface area contributed by atoms with Crippen LogP contribution < -0.4 is 10.5 Å². The number of rotatable bonds is 3. The van der Waals surface area contributed by atoms with E-state index in [-0.39, 0.29) is 5.56 Å². The first-order chi connectivity index (χ1) is 7.11. The van der Waals surface area contributed by atoms with Gasteiger partial charge in [0, 0.05) is 5.69 Å². The quantitative estimate of drug-likeness (QED) is 0.678. The predicted molar refractivity (Wildman–Crippen MR) is 61.1 cm³/mol. The highest BCUT2D eigenvalue weighted by molar-refractivity contribution is 9.10. The molecule has 0 bridgehead atoms. The number of benzene rings is 1. The van der Waals surface area contributed by atoms with Gasteiger partial charge in [-0.1, -0.05) is 0 Å². The highest BCUT2D eigenvalue weighted by atomic mass is 79.9. The first-order valence-corrected chi connectivity index (χ1v) is 5.20. The summed E-state index contributed by atoms with van der Waals surface area (Å²) in [5, 5.41) is 0. The third-order valence-corrected chi connectivity index (χ3v) is 2.45. The maximum Gasteiger partial charge on any atom is 0.344 e. The number of carbonyl (C=O) groups is 1. The van der Waals surface area contributed by atoms with Crippen molar-refractivity contribution in [2.24, 2.45) is 0 Å². The molecule has 0 spiro atoms. The summed E-state index contributed by atoms with van der Waals surface area (Å²) in [6.07, 6.45) is 0. The Hall–Kier alpha value is -1.23. The van der Waals surface area contributed by atoms with Crippen molar-refractivity contribution in [1.29, 1.82) is 0 Å². The largest absolute Gasteiger partial charge is 0.495 e. The number of anilines is 1. The van der Waals surface area contributed by atoms with Crippen molar-refractivity contribution in [3.05, 3.63) is 22.2 Å². The lowest BCUT2D eigenvalue weighted by molar-refractivity contribution is 0.0524. The van der Waals surface area contributed by atoms with Gasteiger partial charge in [0.05, 0.1) is 18.2 Å². The van der Waals surface area contributed by atoms with Crippen molar-refractivity contribution in [3.8, 4) is 5.75 Å². The molecule has 0 saturated heterocycles. The lowest BCUT2D eigenvalue weighted by atomic mass is 10.1. The Morgan fingerprint density at radius 3 is 2.73 bits per heavy atom. The fourth-order valence-electron chi connectivity index (χ4n) is 1.19. The number of nitrogen functional groups attached to an aromatic ring is 1. The highest BCUT2D eigenvalue weighted by Crippen LogP contribution is 2.33. The standard InChI is InChI=1S/C10H12BrNO3/c1-3-15-10(13)8-7(12)5-4-6(11)9(8)14-2/h4-5H,3,12H2,1-2H3. The van der Waals surface area contributed by atoms with Gasteiger partial charge in [0.1, 0.15) is 11.3 Å². The minimum absolute atomic E-state index is 0.258. The van der Waals surface area contributed by atoms with Gasteiger partial charge < -0.3 is 15.2 Å². The van der Waals surface area contributed by atoms with Crippen molar-refractivity contribution in [2.75, 3.05) is 19.5 Å². The summed E-state index contributed by atoms with van der Waals surface area (Å²) in [4.78, 5) is 11.6. The Labute approximate surface area is 96.5 Å². The number of methoxy groups -OCH3 is 1. The zero-order valence-corrected chi connectivity index (χ0v) is 10.1. The van der Waals surface area contributed by atoms with Crippen molar-refractivity contribution < 1.29 is 14.3 Å². The summed E-state index contributed by atoms with van der Waals surface area (Å²) in [5.41, 5.74) is 6.29. The molecular formula is C10H12BrNO3. The molecule has 82 valence electrons. The van der Waals surface area contributed by atoms with E-state index >= 15 is 0 Å². The minimum Gasteiger partial charge on any atom is -0.495 e. The molecule has 0 atom stereocenters.